The number of hydrogen-bond donors (Lipinski definition) is 1. The molecule has 1 heterocycles. The van der Waals surface area contributed by atoms with Gasteiger partial charge in [-0.25, -0.2) is 0 Å². The molecule has 0 bridgehead atoms. The SMILES string of the molecule is CCCC(=O)N1CCC(NCC)CC1. The predicted molar refractivity (Wildman–Crippen MR) is 58.2 cm³/mol. The molecule has 0 unspecified atom stereocenters. The summed E-state index contributed by atoms with van der Waals surface area (Å²) in [6.45, 7) is 7.11. The molecule has 1 rings (SSSR count). The van der Waals surface area contributed by atoms with Crippen LogP contribution in [0.2, 0.25) is 0 Å². The summed E-state index contributed by atoms with van der Waals surface area (Å²) in [6, 6.07) is 0.630. The maximum Gasteiger partial charge on any atom is 0.222 e. The lowest BCUT2D eigenvalue weighted by molar-refractivity contribution is -0.132. The van der Waals surface area contributed by atoms with Crippen LogP contribution >= 0.6 is 0 Å². The second-order valence-electron chi connectivity index (χ2n) is 3.96. The van der Waals surface area contributed by atoms with Crippen molar-refractivity contribution in [3.8, 4) is 0 Å². The maximum absolute atomic E-state index is 11.6. The number of nitrogens with zero attached hydrogens (tertiary/aromatic N) is 1. The Labute approximate surface area is 86.9 Å². The smallest absolute Gasteiger partial charge is 0.222 e. The highest BCUT2D eigenvalue weighted by Crippen LogP contribution is 2.11. The van der Waals surface area contributed by atoms with Crippen molar-refractivity contribution in [2.45, 2.75) is 45.6 Å². The molecule has 1 fully saturated rings. The number of piperidine rings is 1. The highest BCUT2D eigenvalue weighted by atomic mass is 16.2. The molecule has 3 heteroatoms. The lowest BCUT2D eigenvalue weighted by atomic mass is 10.0. The van der Waals surface area contributed by atoms with Gasteiger partial charge in [-0.2, -0.15) is 0 Å². The third kappa shape index (κ3) is 3.29. The lowest BCUT2D eigenvalue weighted by Gasteiger charge is -2.32. The number of amides is 1. The van der Waals surface area contributed by atoms with Crippen molar-refractivity contribution in [1.82, 2.24) is 10.2 Å². The average molecular weight is 198 g/mol. The Hall–Kier alpha value is -0.570. The summed E-state index contributed by atoms with van der Waals surface area (Å²) < 4.78 is 0. The summed E-state index contributed by atoms with van der Waals surface area (Å²) in [5.74, 6) is 0.336. The fourth-order valence-corrected chi connectivity index (χ4v) is 1.99. The van der Waals surface area contributed by atoms with Gasteiger partial charge < -0.3 is 10.2 Å². The third-order valence-electron chi connectivity index (χ3n) is 2.80. The van der Waals surface area contributed by atoms with Crippen LogP contribution in [0.3, 0.4) is 0 Å². The van der Waals surface area contributed by atoms with E-state index in [4.69, 9.17) is 0 Å². The average Bonchev–Trinajstić information content (AvgIpc) is 2.20. The first-order valence-corrected chi connectivity index (χ1v) is 5.79. The molecular formula is C11H22N2O. The molecule has 1 aliphatic rings. The summed E-state index contributed by atoms with van der Waals surface area (Å²) >= 11 is 0. The minimum atomic E-state index is 0.336. The summed E-state index contributed by atoms with van der Waals surface area (Å²) in [7, 11) is 0. The van der Waals surface area contributed by atoms with Gasteiger partial charge in [0.25, 0.3) is 0 Å². The van der Waals surface area contributed by atoms with Gasteiger partial charge in [0, 0.05) is 25.6 Å². The first-order valence-electron chi connectivity index (χ1n) is 5.79. The minimum Gasteiger partial charge on any atom is -0.343 e. The van der Waals surface area contributed by atoms with Crippen molar-refractivity contribution < 1.29 is 4.79 Å². The molecule has 0 aromatic heterocycles. The van der Waals surface area contributed by atoms with Gasteiger partial charge in [-0.15, -0.1) is 0 Å². The van der Waals surface area contributed by atoms with Crippen LogP contribution in [0.25, 0.3) is 0 Å². The number of carbonyl (C=O) groups excluding carboxylic acids is 1. The Balaban J connectivity index is 2.24. The second-order valence-corrected chi connectivity index (χ2v) is 3.96. The zero-order valence-corrected chi connectivity index (χ0v) is 9.38. The van der Waals surface area contributed by atoms with Crippen LogP contribution < -0.4 is 5.32 Å². The van der Waals surface area contributed by atoms with E-state index in [1.54, 1.807) is 0 Å². The topological polar surface area (TPSA) is 32.3 Å². The van der Waals surface area contributed by atoms with E-state index >= 15 is 0 Å². The molecule has 0 spiro atoms. The molecule has 3 nitrogen and oxygen atoms in total. The van der Waals surface area contributed by atoms with Gasteiger partial charge in [0.05, 0.1) is 0 Å². The van der Waals surface area contributed by atoms with Gasteiger partial charge in [-0.05, 0) is 25.8 Å². The van der Waals surface area contributed by atoms with Crippen LogP contribution in [-0.4, -0.2) is 36.5 Å². The molecule has 1 saturated heterocycles. The molecule has 0 aromatic carbocycles. The van der Waals surface area contributed by atoms with Gasteiger partial charge in [0.15, 0.2) is 0 Å². The standard InChI is InChI=1S/C11H22N2O/c1-3-5-11(14)13-8-6-10(7-9-13)12-4-2/h10,12H,3-9H2,1-2H3. The number of nitrogens with one attached hydrogen (secondary N) is 1. The molecule has 82 valence electrons. The van der Waals surface area contributed by atoms with E-state index in [1.165, 1.54) is 0 Å². The number of carbonyl (C=O) groups is 1. The molecule has 0 aromatic rings. The van der Waals surface area contributed by atoms with Crippen molar-refractivity contribution >= 4 is 5.91 Å². The fourth-order valence-electron chi connectivity index (χ4n) is 1.99. The Morgan fingerprint density at radius 2 is 2.00 bits per heavy atom. The summed E-state index contributed by atoms with van der Waals surface area (Å²) in [4.78, 5) is 13.6. The Morgan fingerprint density at radius 1 is 1.36 bits per heavy atom. The second kappa shape index (κ2) is 6.02. The molecule has 1 amide bonds. The monoisotopic (exact) mass is 198 g/mol. The van der Waals surface area contributed by atoms with Crippen LogP contribution in [0.5, 0.6) is 0 Å². The van der Waals surface area contributed by atoms with Gasteiger partial charge in [-0.1, -0.05) is 13.8 Å². The lowest BCUT2D eigenvalue weighted by Crippen LogP contribution is -2.44. The fraction of sp³-hybridized carbons (Fsp3) is 0.909. The van der Waals surface area contributed by atoms with E-state index in [9.17, 15) is 4.79 Å². The first kappa shape index (κ1) is 11.5. The Bertz CT molecular complexity index is 174. The van der Waals surface area contributed by atoms with E-state index in [1.807, 2.05) is 4.90 Å². The quantitative estimate of drug-likeness (QED) is 0.740. The normalized spacial score (nSPS) is 18.6. The van der Waals surface area contributed by atoms with E-state index in [0.717, 1.165) is 38.9 Å². The van der Waals surface area contributed by atoms with Crippen molar-refractivity contribution in [2.24, 2.45) is 0 Å². The molecule has 0 atom stereocenters. The molecular weight excluding hydrogens is 176 g/mol. The highest BCUT2D eigenvalue weighted by Gasteiger charge is 2.20. The van der Waals surface area contributed by atoms with Crippen molar-refractivity contribution in [3.05, 3.63) is 0 Å². The molecule has 0 aliphatic carbocycles. The van der Waals surface area contributed by atoms with Gasteiger partial charge in [-0.3, -0.25) is 4.79 Å². The third-order valence-corrected chi connectivity index (χ3v) is 2.80. The molecule has 0 saturated carbocycles. The molecule has 1 aliphatic heterocycles. The van der Waals surface area contributed by atoms with Crippen molar-refractivity contribution in [1.29, 1.82) is 0 Å². The summed E-state index contributed by atoms with van der Waals surface area (Å²) in [5, 5.41) is 3.44. The Kier molecular flexibility index (Phi) is 4.94. The Morgan fingerprint density at radius 3 is 2.50 bits per heavy atom. The van der Waals surface area contributed by atoms with E-state index in [2.05, 4.69) is 19.2 Å². The van der Waals surface area contributed by atoms with Crippen LogP contribution in [-0.2, 0) is 4.79 Å². The number of likely N-dealkylation sites (tertiary alicyclic amines) is 1. The van der Waals surface area contributed by atoms with Gasteiger partial charge in [0.1, 0.15) is 0 Å². The van der Waals surface area contributed by atoms with Gasteiger partial charge >= 0.3 is 0 Å². The maximum atomic E-state index is 11.6. The zero-order chi connectivity index (χ0) is 10.4. The zero-order valence-electron chi connectivity index (χ0n) is 9.38. The van der Waals surface area contributed by atoms with Crippen LogP contribution in [0, 0.1) is 0 Å². The summed E-state index contributed by atoms with van der Waals surface area (Å²) in [5.41, 5.74) is 0. The van der Waals surface area contributed by atoms with E-state index < -0.39 is 0 Å². The van der Waals surface area contributed by atoms with E-state index in [-0.39, 0.29) is 0 Å². The number of rotatable bonds is 4. The van der Waals surface area contributed by atoms with Gasteiger partial charge in [0.2, 0.25) is 5.91 Å². The molecule has 0 radical (unpaired) electrons. The molecule has 14 heavy (non-hydrogen) atoms. The highest BCUT2D eigenvalue weighted by molar-refractivity contribution is 5.76. The van der Waals surface area contributed by atoms with Crippen LogP contribution in [0.4, 0.5) is 0 Å². The largest absolute Gasteiger partial charge is 0.343 e. The van der Waals surface area contributed by atoms with Crippen molar-refractivity contribution in [2.75, 3.05) is 19.6 Å². The van der Waals surface area contributed by atoms with E-state index in [0.29, 0.717) is 18.4 Å². The van der Waals surface area contributed by atoms with Crippen LogP contribution in [0.1, 0.15) is 39.5 Å². The minimum absolute atomic E-state index is 0.336. The van der Waals surface area contributed by atoms with Crippen LogP contribution in [0.15, 0.2) is 0 Å². The molecule has 1 N–H and O–H groups in total. The van der Waals surface area contributed by atoms with Crippen molar-refractivity contribution in [3.63, 3.8) is 0 Å². The first-order chi connectivity index (χ1) is 6.77. The predicted octanol–water partition coefficient (Wildman–Crippen LogP) is 1.39. The summed E-state index contributed by atoms with van der Waals surface area (Å²) in [6.07, 6.45) is 3.91. The number of hydrogen-bond acceptors (Lipinski definition) is 2.